The van der Waals surface area contributed by atoms with Crippen LogP contribution in [0.25, 0.3) is 0 Å². The fourth-order valence-electron chi connectivity index (χ4n) is 2.78. The predicted molar refractivity (Wildman–Crippen MR) is 64.1 cm³/mol. The molecule has 88 valence electrons. The summed E-state index contributed by atoms with van der Waals surface area (Å²) >= 11 is 0. The van der Waals surface area contributed by atoms with Crippen LogP contribution in [0.15, 0.2) is 0 Å². The highest BCUT2D eigenvalue weighted by atomic mass is 15.3. The van der Waals surface area contributed by atoms with E-state index in [1.807, 2.05) is 0 Å². The fourth-order valence-corrected chi connectivity index (χ4v) is 2.78. The van der Waals surface area contributed by atoms with Crippen LogP contribution in [0, 0.1) is 5.92 Å². The molecule has 0 saturated carbocycles. The first-order valence-electron chi connectivity index (χ1n) is 6.43. The molecule has 0 aromatic carbocycles. The topological polar surface area (TPSA) is 18.5 Å². The molecule has 1 atom stereocenters. The highest BCUT2D eigenvalue weighted by molar-refractivity contribution is 4.84. The minimum absolute atomic E-state index is 0.810. The van der Waals surface area contributed by atoms with E-state index >= 15 is 0 Å². The molecule has 0 radical (unpaired) electrons. The number of hydrogen-bond donors (Lipinski definition) is 1. The number of piperazine rings is 1. The highest BCUT2D eigenvalue weighted by Crippen LogP contribution is 2.12. The first kappa shape index (κ1) is 11.4. The number of nitrogens with zero attached hydrogens (tertiary/aromatic N) is 2. The smallest absolute Gasteiger partial charge is 0.0233 e. The average Bonchev–Trinajstić information content (AvgIpc) is 2.71. The van der Waals surface area contributed by atoms with Crippen molar-refractivity contribution in [1.29, 1.82) is 0 Å². The third-order valence-electron chi connectivity index (χ3n) is 3.58. The van der Waals surface area contributed by atoms with E-state index in [1.165, 1.54) is 52.2 Å². The third kappa shape index (κ3) is 3.16. The SMILES string of the molecule is CC(C)CN1CCN(C2CCNC2)CC1. The van der Waals surface area contributed by atoms with Crippen LogP contribution in [0.3, 0.4) is 0 Å². The van der Waals surface area contributed by atoms with Gasteiger partial charge in [0.1, 0.15) is 0 Å². The third-order valence-corrected chi connectivity index (χ3v) is 3.58. The number of rotatable bonds is 3. The summed E-state index contributed by atoms with van der Waals surface area (Å²) in [6.07, 6.45) is 1.35. The van der Waals surface area contributed by atoms with Gasteiger partial charge in [-0.05, 0) is 18.9 Å². The van der Waals surface area contributed by atoms with Gasteiger partial charge in [0.2, 0.25) is 0 Å². The van der Waals surface area contributed by atoms with Crippen LogP contribution in [0.2, 0.25) is 0 Å². The Morgan fingerprint density at radius 3 is 2.47 bits per heavy atom. The molecule has 0 bridgehead atoms. The Kier molecular flexibility index (Phi) is 4.00. The van der Waals surface area contributed by atoms with Crippen molar-refractivity contribution in [3.8, 4) is 0 Å². The summed E-state index contributed by atoms with van der Waals surface area (Å²) in [6.45, 7) is 13.4. The second-order valence-electron chi connectivity index (χ2n) is 5.38. The summed E-state index contributed by atoms with van der Waals surface area (Å²) in [5, 5.41) is 3.46. The normalized spacial score (nSPS) is 30.2. The molecule has 2 aliphatic heterocycles. The molecule has 2 aliphatic rings. The number of hydrogen-bond acceptors (Lipinski definition) is 3. The van der Waals surface area contributed by atoms with Crippen molar-refractivity contribution < 1.29 is 0 Å². The van der Waals surface area contributed by atoms with Gasteiger partial charge in [0.05, 0.1) is 0 Å². The van der Waals surface area contributed by atoms with Crippen LogP contribution in [0.1, 0.15) is 20.3 Å². The molecular weight excluding hydrogens is 186 g/mol. The lowest BCUT2D eigenvalue weighted by atomic mass is 10.1. The van der Waals surface area contributed by atoms with E-state index in [2.05, 4.69) is 29.0 Å². The lowest BCUT2D eigenvalue weighted by molar-refractivity contribution is 0.0950. The van der Waals surface area contributed by atoms with Crippen molar-refractivity contribution in [1.82, 2.24) is 15.1 Å². The Labute approximate surface area is 93.8 Å². The van der Waals surface area contributed by atoms with Gasteiger partial charge in [-0.2, -0.15) is 0 Å². The second kappa shape index (κ2) is 5.28. The zero-order valence-electron chi connectivity index (χ0n) is 10.2. The van der Waals surface area contributed by atoms with Gasteiger partial charge in [-0.1, -0.05) is 13.8 Å². The first-order chi connectivity index (χ1) is 7.25. The zero-order chi connectivity index (χ0) is 10.7. The fraction of sp³-hybridized carbons (Fsp3) is 1.00. The zero-order valence-corrected chi connectivity index (χ0v) is 10.2. The molecule has 0 aromatic heterocycles. The second-order valence-corrected chi connectivity index (χ2v) is 5.38. The molecule has 3 heteroatoms. The van der Waals surface area contributed by atoms with E-state index in [9.17, 15) is 0 Å². The van der Waals surface area contributed by atoms with Crippen LogP contribution in [-0.2, 0) is 0 Å². The summed E-state index contributed by atoms with van der Waals surface area (Å²) in [5.74, 6) is 0.810. The Morgan fingerprint density at radius 1 is 1.20 bits per heavy atom. The lowest BCUT2D eigenvalue weighted by Crippen LogP contribution is -2.51. The molecule has 0 spiro atoms. The van der Waals surface area contributed by atoms with Gasteiger partial charge in [-0.15, -0.1) is 0 Å². The Balaban J connectivity index is 1.71. The summed E-state index contributed by atoms with van der Waals surface area (Å²) in [5.41, 5.74) is 0. The van der Waals surface area contributed by atoms with E-state index in [0.717, 1.165) is 12.0 Å². The summed E-state index contributed by atoms with van der Waals surface area (Å²) in [4.78, 5) is 5.29. The van der Waals surface area contributed by atoms with E-state index in [1.54, 1.807) is 0 Å². The van der Waals surface area contributed by atoms with Crippen molar-refractivity contribution in [2.45, 2.75) is 26.3 Å². The van der Waals surface area contributed by atoms with Gasteiger partial charge in [0, 0.05) is 45.3 Å². The molecule has 1 unspecified atom stereocenters. The predicted octanol–water partition coefficient (Wildman–Crippen LogP) is 0.622. The van der Waals surface area contributed by atoms with Crippen molar-refractivity contribution in [3.63, 3.8) is 0 Å². The largest absolute Gasteiger partial charge is 0.315 e. The Morgan fingerprint density at radius 2 is 1.93 bits per heavy atom. The van der Waals surface area contributed by atoms with Gasteiger partial charge in [-0.3, -0.25) is 4.90 Å². The van der Waals surface area contributed by atoms with Crippen LogP contribution in [0.4, 0.5) is 0 Å². The quantitative estimate of drug-likeness (QED) is 0.738. The van der Waals surface area contributed by atoms with E-state index in [-0.39, 0.29) is 0 Å². The minimum Gasteiger partial charge on any atom is -0.315 e. The lowest BCUT2D eigenvalue weighted by Gasteiger charge is -2.38. The average molecular weight is 211 g/mol. The van der Waals surface area contributed by atoms with Crippen molar-refractivity contribution >= 4 is 0 Å². The summed E-state index contributed by atoms with van der Waals surface area (Å²) in [6, 6.07) is 0.825. The molecule has 2 rings (SSSR count). The molecule has 2 fully saturated rings. The Bertz CT molecular complexity index is 179. The standard InChI is InChI=1S/C12H25N3/c1-11(2)10-14-5-7-15(8-6-14)12-3-4-13-9-12/h11-13H,3-10H2,1-2H3. The monoisotopic (exact) mass is 211 g/mol. The van der Waals surface area contributed by atoms with Crippen LogP contribution in [-0.4, -0.2) is 61.7 Å². The van der Waals surface area contributed by atoms with Gasteiger partial charge in [-0.25, -0.2) is 0 Å². The van der Waals surface area contributed by atoms with Gasteiger partial charge in [0.15, 0.2) is 0 Å². The minimum atomic E-state index is 0.810. The van der Waals surface area contributed by atoms with Crippen LogP contribution in [0.5, 0.6) is 0 Å². The highest BCUT2D eigenvalue weighted by Gasteiger charge is 2.25. The first-order valence-corrected chi connectivity index (χ1v) is 6.43. The maximum Gasteiger partial charge on any atom is 0.0233 e. The maximum absolute atomic E-state index is 3.46. The molecule has 0 amide bonds. The molecule has 0 aliphatic carbocycles. The molecule has 3 nitrogen and oxygen atoms in total. The number of nitrogens with one attached hydrogen (secondary N) is 1. The Hall–Kier alpha value is -0.120. The van der Waals surface area contributed by atoms with E-state index < -0.39 is 0 Å². The van der Waals surface area contributed by atoms with E-state index in [4.69, 9.17) is 0 Å². The van der Waals surface area contributed by atoms with Crippen LogP contribution < -0.4 is 5.32 Å². The summed E-state index contributed by atoms with van der Waals surface area (Å²) in [7, 11) is 0. The molecule has 1 N–H and O–H groups in total. The molecule has 2 heterocycles. The molecule has 2 saturated heterocycles. The van der Waals surface area contributed by atoms with Gasteiger partial charge >= 0.3 is 0 Å². The maximum atomic E-state index is 3.46. The van der Waals surface area contributed by atoms with Crippen molar-refractivity contribution in [2.24, 2.45) is 5.92 Å². The van der Waals surface area contributed by atoms with Gasteiger partial charge < -0.3 is 10.2 Å². The van der Waals surface area contributed by atoms with Crippen molar-refractivity contribution in [2.75, 3.05) is 45.8 Å². The van der Waals surface area contributed by atoms with Crippen LogP contribution >= 0.6 is 0 Å². The summed E-state index contributed by atoms with van der Waals surface area (Å²) < 4.78 is 0. The molecule has 0 aromatic rings. The van der Waals surface area contributed by atoms with Crippen molar-refractivity contribution in [3.05, 3.63) is 0 Å². The molecular formula is C12H25N3. The van der Waals surface area contributed by atoms with E-state index in [0.29, 0.717) is 0 Å². The molecule has 15 heavy (non-hydrogen) atoms. The van der Waals surface area contributed by atoms with Gasteiger partial charge in [0.25, 0.3) is 0 Å².